The van der Waals surface area contributed by atoms with Gasteiger partial charge in [-0.3, -0.25) is 4.79 Å². The number of piperidine rings is 1. The van der Waals surface area contributed by atoms with E-state index < -0.39 is 41.2 Å². The lowest BCUT2D eigenvalue weighted by Crippen LogP contribution is -2.47. The lowest BCUT2D eigenvalue weighted by atomic mass is 9.80. The first kappa shape index (κ1) is 34.2. The van der Waals surface area contributed by atoms with Crippen molar-refractivity contribution in [1.29, 1.82) is 0 Å². The van der Waals surface area contributed by atoms with Gasteiger partial charge in [0.1, 0.15) is 11.2 Å². The molecular weight excluding hydrogens is 564 g/mol. The topological polar surface area (TPSA) is 134 Å². The maximum Gasteiger partial charge on any atom is 0.410 e. The third kappa shape index (κ3) is 9.86. The van der Waals surface area contributed by atoms with Crippen LogP contribution in [0.15, 0.2) is 66.2 Å². The smallest absolute Gasteiger partial charge is 0.410 e. The number of amides is 2. The average molecular weight is 609 g/mol. The van der Waals surface area contributed by atoms with Crippen molar-refractivity contribution in [2.75, 3.05) is 26.2 Å². The number of ether oxygens (including phenoxy) is 2. The summed E-state index contributed by atoms with van der Waals surface area (Å²) in [5.74, 6) is -2.55. The van der Waals surface area contributed by atoms with Crippen molar-refractivity contribution in [3.63, 3.8) is 0 Å². The monoisotopic (exact) mass is 608 g/mol. The Morgan fingerprint density at radius 3 is 1.77 bits per heavy atom. The van der Waals surface area contributed by atoms with E-state index in [4.69, 9.17) is 9.47 Å². The number of hydrogen-bond donors (Lipinski definition) is 2. The van der Waals surface area contributed by atoms with Crippen molar-refractivity contribution >= 4 is 29.7 Å². The highest BCUT2D eigenvalue weighted by Gasteiger charge is 2.38. The minimum Gasteiger partial charge on any atom is -0.481 e. The predicted octanol–water partition coefficient (Wildman–Crippen LogP) is 6.28. The predicted molar refractivity (Wildman–Crippen MR) is 166 cm³/mol. The van der Waals surface area contributed by atoms with E-state index in [1.165, 1.54) is 9.80 Å². The van der Waals surface area contributed by atoms with Gasteiger partial charge in [0.25, 0.3) is 0 Å². The zero-order chi connectivity index (χ0) is 32.7. The Kier molecular flexibility index (Phi) is 11.2. The van der Waals surface area contributed by atoms with Gasteiger partial charge in [0.2, 0.25) is 0 Å². The maximum absolute atomic E-state index is 12.1. The van der Waals surface area contributed by atoms with Gasteiger partial charge >= 0.3 is 24.1 Å². The highest BCUT2D eigenvalue weighted by atomic mass is 16.6. The molecule has 0 saturated carbocycles. The Morgan fingerprint density at radius 2 is 1.27 bits per heavy atom. The zero-order valence-electron chi connectivity index (χ0n) is 26.4. The van der Waals surface area contributed by atoms with Gasteiger partial charge in [0.05, 0.1) is 18.0 Å². The molecule has 10 heteroatoms. The third-order valence-corrected chi connectivity index (χ3v) is 7.19. The van der Waals surface area contributed by atoms with Gasteiger partial charge in [-0.2, -0.15) is 0 Å². The number of carboxylic acids is 2. The summed E-state index contributed by atoms with van der Waals surface area (Å²) in [6, 6.07) is 19.1. The van der Waals surface area contributed by atoms with E-state index >= 15 is 0 Å². The summed E-state index contributed by atoms with van der Waals surface area (Å²) in [7, 11) is 0. The van der Waals surface area contributed by atoms with Crippen LogP contribution in [0.2, 0.25) is 0 Å². The second-order valence-electron chi connectivity index (χ2n) is 13.0. The van der Waals surface area contributed by atoms with Crippen molar-refractivity contribution in [2.24, 2.45) is 5.92 Å². The van der Waals surface area contributed by atoms with Crippen LogP contribution >= 0.6 is 0 Å². The van der Waals surface area contributed by atoms with Gasteiger partial charge in [0, 0.05) is 25.6 Å². The molecule has 4 rings (SSSR count). The molecule has 2 atom stereocenters. The molecule has 1 saturated heterocycles. The summed E-state index contributed by atoms with van der Waals surface area (Å²) in [6.45, 7) is 12.0. The second kappa shape index (κ2) is 14.4. The number of nitrogens with zero attached hydrogens (tertiary/aromatic N) is 2. The fourth-order valence-electron chi connectivity index (χ4n) is 5.19. The van der Waals surface area contributed by atoms with Crippen LogP contribution in [0.4, 0.5) is 9.59 Å². The van der Waals surface area contributed by atoms with Crippen molar-refractivity contribution < 1.29 is 38.9 Å². The van der Waals surface area contributed by atoms with Crippen LogP contribution in [0, 0.1) is 5.92 Å². The fourth-order valence-corrected chi connectivity index (χ4v) is 5.19. The van der Waals surface area contributed by atoms with E-state index in [0.717, 1.165) is 16.7 Å². The van der Waals surface area contributed by atoms with Crippen LogP contribution in [0.1, 0.15) is 71.4 Å². The number of rotatable bonds is 4. The van der Waals surface area contributed by atoms with Gasteiger partial charge < -0.3 is 29.5 Å². The normalized spacial score (nSPS) is 19.0. The van der Waals surface area contributed by atoms with Crippen LogP contribution in [-0.4, -0.2) is 81.5 Å². The van der Waals surface area contributed by atoms with E-state index in [9.17, 15) is 29.4 Å². The minimum absolute atomic E-state index is 0.0640. The number of aliphatic carboxylic acids is 2. The number of hydrogen-bond acceptors (Lipinski definition) is 6. The van der Waals surface area contributed by atoms with E-state index in [1.54, 1.807) is 41.5 Å². The molecule has 2 aromatic carbocycles. The van der Waals surface area contributed by atoms with E-state index in [-0.39, 0.29) is 24.6 Å². The molecule has 0 bridgehead atoms. The maximum atomic E-state index is 12.1. The van der Waals surface area contributed by atoms with Gasteiger partial charge in [0.15, 0.2) is 0 Å². The molecule has 2 aliphatic heterocycles. The highest BCUT2D eigenvalue weighted by molar-refractivity contribution is 5.98. The molecule has 0 aliphatic carbocycles. The Hall–Kier alpha value is -4.34. The molecule has 2 aromatic rings. The molecule has 0 unspecified atom stereocenters. The number of likely N-dealkylation sites (tertiary alicyclic amines) is 1. The van der Waals surface area contributed by atoms with Gasteiger partial charge in [-0.25, -0.2) is 14.4 Å². The summed E-state index contributed by atoms with van der Waals surface area (Å²) < 4.78 is 10.7. The lowest BCUT2D eigenvalue weighted by molar-refractivity contribution is -0.144. The first-order valence-corrected chi connectivity index (χ1v) is 14.8. The Morgan fingerprint density at radius 1 is 0.750 bits per heavy atom. The molecule has 44 heavy (non-hydrogen) atoms. The zero-order valence-corrected chi connectivity index (χ0v) is 26.4. The van der Waals surface area contributed by atoms with E-state index in [2.05, 4.69) is 0 Å². The molecule has 0 aromatic heterocycles. The Bertz CT molecular complexity index is 1340. The summed E-state index contributed by atoms with van der Waals surface area (Å²) in [5.41, 5.74) is 1.77. The third-order valence-electron chi connectivity index (χ3n) is 7.19. The molecule has 238 valence electrons. The first-order chi connectivity index (χ1) is 20.6. The van der Waals surface area contributed by atoms with Gasteiger partial charge in [-0.05, 0) is 71.1 Å². The number of carboxylic acid groups (broad SMARTS) is 2. The van der Waals surface area contributed by atoms with Crippen LogP contribution < -0.4 is 0 Å². The summed E-state index contributed by atoms with van der Waals surface area (Å²) in [6.07, 6.45) is 0.217. The van der Waals surface area contributed by atoms with Crippen LogP contribution in [0.3, 0.4) is 0 Å². The molecule has 10 nitrogen and oxygen atoms in total. The standard InChI is InChI=1S/C17H23NO4.C17H21NO4/c2*1-17(2,3)22-16(21)18-10-9-13(14(11-18)15(19)20)12-7-5-4-6-8-12/h4-8,13-14H,9-11H2,1-3H3,(H,19,20);4-8H,9-11H2,1-3H3,(H,19,20)/t13-,14-;/m1./s1. The van der Waals surface area contributed by atoms with Crippen molar-refractivity contribution in [3.8, 4) is 0 Å². The molecule has 0 radical (unpaired) electrons. The summed E-state index contributed by atoms with van der Waals surface area (Å²) in [4.78, 5) is 50.4. The highest BCUT2D eigenvalue weighted by Crippen LogP contribution is 2.34. The van der Waals surface area contributed by atoms with Crippen LogP contribution in [-0.2, 0) is 19.1 Å². The number of carbonyl (C=O) groups excluding carboxylic acids is 2. The van der Waals surface area contributed by atoms with E-state index in [1.807, 2.05) is 60.7 Å². The quantitative estimate of drug-likeness (QED) is 0.415. The minimum atomic E-state index is -0.993. The molecular formula is C34H44N2O8. The number of carbonyl (C=O) groups is 4. The SMILES string of the molecule is CC(C)(C)OC(=O)N1CCC(c2ccccc2)=C(C(=O)O)C1.CC(C)(C)OC(=O)N1CC[C@H](c2ccccc2)[C@H](C(=O)O)C1. The van der Waals surface area contributed by atoms with Gasteiger partial charge in [-0.15, -0.1) is 0 Å². The molecule has 1 fully saturated rings. The van der Waals surface area contributed by atoms with Crippen molar-refractivity contribution in [2.45, 2.75) is 71.5 Å². The average Bonchev–Trinajstić information content (AvgIpc) is 2.96. The van der Waals surface area contributed by atoms with Crippen molar-refractivity contribution in [3.05, 3.63) is 77.4 Å². The van der Waals surface area contributed by atoms with Crippen LogP contribution in [0.25, 0.3) is 5.57 Å². The largest absolute Gasteiger partial charge is 0.481 e. The number of benzene rings is 2. The Balaban J connectivity index is 0.000000240. The summed E-state index contributed by atoms with van der Waals surface area (Å²) >= 11 is 0. The lowest BCUT2D eigenvalue weighted by Gasteiger charge is -2.37. The molecule has 2 N–H and O–H groups in total. The summed E-state index contributed by atoms with van der Waals surface area (Å²) in [5, 5.41) is 19.0. The van der Waals surface area contributed by atoms with Crippen molar-refractivity contribution in [1.82, 2.24) is 9.80 Å². The molecule has 0 spiro atoms. The Labute approximate surface area is 259 Å². The fraction of sp³-hybridized carbons (Fsp3) is 0.471. The molecule has 2 heterocycles. The second-order valence-corrected chi connectivity index (χ2v) is 13.0. The molecule has 2 aliphatic rings. The van der Waals surface area contributed by atoms with Gasteiger partial charge in [-0.1, -0.05) is 60.7 Å². The van der Waals surface area contributed by atoms with Crippen LogP contribution in [0.5, 0.6) is 0 Å². The molecule has 2 amide bonds. The van der Waals surface area contributed by atoms with E-state index in [0.29, 0.717) is 25.9 Å². The first-order valence-electron chi connectivity index (χ1n) is 14.8.